The first-order valence-electron chi connectivity index (χ1n) is 8.45. The number of nitrogens with zero attached hydrogens (tertiary/aromatic N) is 4. The minimum Gasteiger partial charge on any atom is -0.353 e. The molecule has 6 nitrogen and oxygen atoms in total. The number of pyridine rings is 1. The molecule has 0 aromatic carbocycles. The molecule has 3 heterocycles. The van der Waals surface area contributed by atoms with Crippen LogP contribution in [0.5, 0.6) is 0 Å². The second-order valence-corrected chi connectivity index (χ2v) is 8.98. The summed E-state index contributed by atoms with van der Waals surface area (Å²) in [4.78, 5) is 9.28. The molecule has 2 saturated heterocycles. The molecule has 1 aromatic rings. The van der Waals surface area contributed by atoms with E-state index in [-0.39, 0.29) is 0 Å². The Morgan fingerprint density at radius 3 is 2.48 bits per heavy atom. The van der Waals surface area contributed by atoms with Crippen molar-refractivity contribution >= 4 is 15.8 Å². The lowest BCUT2D eigenvalue weighted by atomic mass is 10.1. The van der Waals surface area contributed by atoms with E-state index in [2.05, 4.69) is 14.8 Å². The molecule has 0 spiro atoms. The Hall–Kier alpha value is -1.18. The first kappa shape index (κ1) is 15.4. The molecule has 3 fully saturated rings. The Kier molecular flexibility index (Phi) is 3.82. The van der Waals surface area contributed by atoms with E-state index in [1.54, 1.807) is 10.4 Å². The van der Waals surface area contributed by atoms with Crippen LogP contribution in [0, 0.1) is 5.92 Å². The van der Waals surface area contributed by atoms with Crippen LogP contribution >= 0.6 is 0 Å². The summed E-state index contributed by atoms with van der Waals surface area (Å²) in [5.41, 5.74) is 0. The maximum Gasteiger partial charge on any atom is 0.244 e. The SMILES string of the molecule is CN1CCN(S(=O)(=O)c2ccc(N3CC4CCC3C4)nc2)CC1. The Bertz CT molecular complexity index is 668. The van der Waals surface area contributed by atoms with Crippen LogP contribution in [0.2, 0.25) is 0 Å². The third-order valence-electron chi connectivity index (χ3n) is 5.52. The van der Waals surface area contributed by atoms with Gasteiger partial charge in [0.15, 0.2) is 0 Å². The molecule has 126 valence electrons. The highest BCUT2D eigenvalue weighted by Gasteiger charge is 2.38. The number of fused-ring (bicyclic) bond motifs is 2. The monoisotopic (exact) mass is 336 g/mol. The minimum atomic E-state index is -3.41. The van der Waals surface area contributed by atoms with Crippen molar-refractivity contribution in [1.29, 1.82) is 0 Å². The maximum absolute atomic E-state index is 12.7. The average molecular weight is 336 g/mol. The van der Waals surface area contributed by atoms with Gasteiger partial charge in [0.05, 0.1) is 0 Å². The van der Waals surface area contributed by atoms with Crippen LogP contribution < -0.4 is 4.90 Å². The number of aromatic nitrogens is 1. The van der Waals surface area contributed by atoms with Crippen molar-refractivity contribution in [1.82, 2.24) is 14.2 Å². The number of sulfonamides is 1. The van der Waals surface area contributed by atoms with Crippen LogP contribution in [0.3, 0.4) is 0 Å². The molecule has 1 saturated carbocycles. The van der Waals surface area contributed by atoms with Gasteiger partial charge in [0.1, 0.15) is 10.7 Å². The predicted octanol–water partition coefficient (Wildman–Crippen LogP) is 1.01. The molecule has 4 rings (SSSR count). The highest BCUT2D eigenvalue weighted by Crippen LogP contribution is 2.39. The summed E-state index contributed by atoms with van der Waals surface area (Å²) in [6.07, 6.45) is 5.38. The molecule has 2 bridgehead atoms. The average Bonchev–Trinajstić information content (AvgIpc) is 3.18. The summed E-state index contributed by atoms with van der Waals surface area (Å²) in [6, 6.07) is 4.21. The van der Waals surface area contributed by atoms with Gasteiger partial charge in [-0.2, -0.15) is 4.31 Å². The van der Waals surface area contributed by atoms with Crippen molar-refractivity contribution in [2.45, 2.75) is 30.2 Å². The lowest BCUT2D eigenvalue weighted by Gasteiger charge is -2.31. The minimum absolute atomic E-state index is 0.315. The fraction of sp³-hybridized carbons (Fsp3) is 0.688. The lowest BCUT2D eigenvalue weighted by molar-refractivity contribution is 0.222. The van der Waals surface area contributed by atoms with E-state index in [1.807, 2.05) is 13.1 Å². The molecular weight excluding hydrogens is 312 g/mol. The van der Waals surface area contributed by atoms with Crippen molar-refractivity contribution < 1.29 is 8.42 Å². The normalized spacial score (nSPS) is 29.3. The van der Waals surface area contributed by atoms with Crippen LogP contribution in [0.15, 0.2) is 23.2 Å². The molecule has 2 atom stereocenters. The Balaban J connectivity index is 1.51. The summed E-state index contributed by atoms with van der Waals surface area (Å²) in [5.74, 6) is 1.73. The number of anilines is 1. The second kappa shape index (κ2) is 5.72. The number of piperazine rings is 1. The molecule has 1 aliphatic carbocycles. The van der Waals surface area contributed by atoms with E-state index in [9.17, 15) is 8.42 Å². The molecule has 0 radical (unpaired) electrons. The third-order valence-corrected chi connectivity index (χ3v) is 7.41. The lowest BCUT2D eigenvalue weighted by Crippen LogP contribution is -2.47. The van der Waals surface area contributed by atoms with E-state index in [0.29, 0.717) is 24.0 Å². The van der Waals surface area contributed by atoms with E-state index >= 15 is 0 Å². The highest BCUT2D eigenvalue weighted by molar-refractivity contribution is 7.89. The van der Waals surface area contributed by atoms with Gasteiger partial charge in [-0.1, -0.05) is 0 Å². The van der Waals surface area contributed by atoms with Gasteiger partial charge >= 0.3 is 0 Å². The molecule has 0 amide bonds. The van der Waals surface area contributed by atoms with Gasteiger partial charge in [-0.05, 0) is 44.4 Å². The summed E-state index contributed by atoms with van der Waals surface area (Å²) in [7, 11) is -1.39. The molecule has 2 aliphatic heterocycles. The molecule has 3 aliphatic rings. The Morgan fingerprint density at radius 1 is 1.13 bits per heavy atom. The number of rotatable bonds is 3. The molecule has 2 unspecified atom stereocenters. The largest absolute Gasteiger partial charge is 0.353 e. The zero-order valence-corrected chi connectivity index (χ0v) is 14.4. The first-order chi connectivity index (χ1) is 11.0. The smallest absolute Gasteiger partial charge is 0.244 e. The van der Waals surface area contributed by atoms with Crippen molar-refractivity contribution in [2.24, 2.45) is 5.92 Å². The van der Waals surface area contributed by atoms with E-state index < -0.39 is 10.0 Å². The highest BCUT2D eigenvalue weighted by atomic mass is 32.2. The molecule has 7 heteroatoms. The maximum atomic E-state index is 12.7. The Labute approximate surface area is 138 Å². The third kappa shape index (κ3) is 2.75. The summed E-state index contributed by atoms with van der Waals surface area (Å²) < 4.78 is 27.0. The summed E-state index contributed by atoms with van der Waals surface area (Å²) in [6.45, 7) is 3.73. The standard InChI is InChI=1S/C16H24N4O2S/c1-18-6-8-19(9-7-18)23(21,22)15-4-5-16(17-11-15)20-12-13-2-3-14(20)10-13/h4-5,11,13-14H,2-3,6-10,12H2,1H3. The fourth-order valence-corrected chi connectivity index (χ4v) is 5.45. The van der Waals surface area contributed by atoms with Crippen LogP contribution in [-0.4, -0.2) is 68.4 Å². The molecular formula is C16H24N4O2S. The van der Waals surface area contributed by atoms with Crippen LogP contribution in [0.1, 0.15) is 19.3 Å². The molecule has 23 heavy (non-hydrogen) atoms. The number of hydrogen-bond acceptors (Lipinski definition) is 5. The molecule has 0 N–H and O–H groups in total. The Morgan fingerprint density at radius 2 is 1.91 bits per heavy atom. The van der Waals surface area contributed by atoms with Gasteiger partial charge in [0, 0.05) is 45.0 Å². The topological polar surface area (TPSA) is 56.8 Å². The van der Waals surface area contributed by atoms with Gasteiger partial charge < -0.3 is 9.80 Å². The first-order valence-corrected chi connectivity index (χ1v) is 9.89. The van der Waals surface area contributed by atoms with Crippen LogP contribution in [-0.2, 0) is 10.0 Å². The zero-order chi connectivity index (χ0) is 16.0. The van der Waals surface area contributed by atoms with Crippen molar-refractivity contribution in [3.05, 3.63) is 18.3 Å². The van der Waals surface area contributed by atoms with Gasteiger partial charge in [-0.25, -0.2) is 13.4 Å². The summed E-state index contributed by atoms with van der Waals surface area (Å²) >= 11 is 0. The fourth-order valence-electron chi connectivity index (χ4n) is 4.08. The van der Waals surface area contributed by atoms with Gasteiger partial charge in [0.25, 0.3) is 0 Å². The van der Waals surface area contributed by atoms with Gasteiger partial charge in [-0.15, -0.1) is 0 Å². The van der Waals surface area contributed by atoms with Gasteiger partial charge in [-0.3, -0.25) is 0 Å². The number of piperidine rings is 1. The zero-order valence-electron chi connectivity index (χ0n) is 13.6. The number of likely N-dealkylation sites (N-methyl/N-ethyl adjacent to an activating group) is 1. The van der Waals surface area contributed by atoms with E-state index in [4.69, 9.17) is 0 Å². The van der Waals surface area contributed by atoms with Gasteiger partial charge in [0.2, 0.25) is 10.0 Å². The van der Waals surface area contributed by atoms with Crippen LogP contribution in [0.4, 0.5) is 5.82 Å². The quantitative estimate of drug-likeness (QED) is 0.824. The number of hydrogen-bond donors (Lipinski definition) is 0. The van der Waals surface area contributed by atoms with Crippen molar-refractivity contribution in [2.75, 3.05) is 44.7 Å². The summed E-state index contributed by atoms with van der Waals surface area (Å²) in [5, 5.41) is 0. The predicted molar refractivity (Wildman–Crippen MR) is 89.0 cm³/mol. The second-order valence-electron chi connectivity index (χ2n) is 7.04. The van der Waals surface area contributed by atoms with E-state index in [0.717, 1.165) is 31.4 Å². The van der Waals surface area contributed by atoms with Crippen molar-refractivity contribution in [3.63, 3.8) is 0 Å². The molecule has 1 aromatic heterocycles. The van der Waals surface area contributed by atoms with Crippen molar-refractivity contribution in [3.8, 4) is 0 Å². The van der Waals surface area contributed by atoms with E-state index in [1.165, 1.54) is 25.5 Å². The van der Waals surface area contributed by atoms with Crippen LogP contribution in [0.25, 0.3) is 0 Å².